The summed E-state index contributed by atoms with van der Waals surface area (Å²) in [6.45, 7) is 5.14. The van der Waals surface area contributed by atoms with E-state index < -0.39 is 17.4 Å². The van der Waals surface area contributed by atoms with Crippen molar-refractivity contribution in [2.24, 2.45) is 11.3 Å². The van der Waals surface area contributed by atoms with Gasteiger partial charge in [0.1, 0.15) is 0 Å². The van der Waals surface area contributed by atoms with E-state index in [2.05, 4.69) is 6.92 Å². The summed E-state index contributed by atoms with van der Waals surface area (Å²) in [5.41, 5.74) is -1.66. The molecule has 0 aromatic carbocycles. The van der Waals surface area contributed by atoms with Crippen LogP contribution in [-0.4, -0.2) is 45.2 Å². The minimum Gasteiger partial charge on any atom is -1.00 e. The number of hydrogen-bond donors (Lipinski definition) is 2. The molecule has 0 radical (unpaired) electrons. The third-order valence-corrected chi connectivity index (χ3v) is 3.61. The van der Waals surface area contributed by atoms with Gasteiger partial charge in [-0.3, -0.25) is 9.59 Å². The monoisotopic (exact) mass is 270 g/mol. The molecule has 0 fully saturated rings. The van der Waals surface area contributed by atoms with E-state index >= 15 is 0 Å². The summed E-state index contributed by atoms with van der Waals surface area (Å²) in [4.78, 5) is 22.1. The Bertz CT molecular complexity index is 261. The standard InChI is InChI=1S/C13H24O4.Mg.2H/c1-4-5-6-7-8-9-10(2)13(3,11(14)15)12(16)17;;;/h10H,4-9H2,1-3H3,(H,14,15)(H,16,17);;;/q;+2;2*-1. The molecule has 0 aliphatic carbocycles. The van der Waals surface area contributed by atoms with Crippen LogP contribution in [-0.2, 0) is 9.59 Å². The van der Waals surface area contributed by atoms with Gasteiger partial charge >= 0.3 is 35.0 Å². The van der Waals surface area contributed by atoms with Crippen molar-refractivity contribution in [2.45, 2.75) is 59.3 Å². The Kier molecular flexibility index (Phi) is 10.7. The number of carbonyl (C=O) groups is 2. The molecule has 0 aliphatic rings. The number of carboxylic acid groups (broad SMARTS) is 2. The maximum atomic E-state index is 11.1. The molecule has 0 spiro atoms. The largest absolute Gasteiger partial charge is 2.00 e. The van der Waals surface area contributed by atoms with Crippen molar-refractivity contribution in [1.82, 2.24) is 0 Å². The van der Waals surface area contributed by atoms with Crippen LogP contribution in [0.25, 0.3) is 0 Å². The molecule has 0 bridgehead atoms. The Morgan fingerprint density at radius 1 is 1.11 bits per heavy atom. The Morgan fingerprint density at radius 3 is 1.94 bits per heavy atom. The van der Waals surface area contributed by atoms with Gasteiger partial charge < -0.3 is 13.1 Å². The molecule has 0 aromatic rings. The van der Waals surface area contributed by atoms with Crippen LogP contribution in [0.1, 0.15) is 62.1 Å². The smallest absolute Gasteiger partial charge is 1.00 e. The van der Waals surface area contributed by atoms with Crippen molar-refractivity contribution in [1.29, 1.82) is 0 Å². The maximum Gasteiger partial charge on any atom is 2.00 e. The second-order valence-corrected chi connectivity index (χ2v) is 4.92. The molecule has 0 saturated carbocycles. The van der Waals surface area contributed by atoms with Crippen molar-refractivity contribution in [3.05, 3.63) is 0 Å². The first kappa shape index (κ1) is 20.0. The van der Waals surface area contributed by atoms with Crippen molar-refractivity contribution in [3.8, 4) is 0 Å². The van der Waals surface area contributed by atoms with Crippen molar-refractivity contribution < 1.29 is 22.7 Å². The predicted octanol–water partition coefficient (Wildman–Crippen LogP) is 3.00. The SMILES string of the molecule is CCCCCCCC(C)C(C)(C(=O)O)C(=O)O.[H-].[H-].[Mg+2]. The van der Waals surface area contributed by atoms with Crippen LogP contribution < -0.4 is 0 Å². The Hall–Kier alpha value is -0.294. The van der Waals surface area contributed by atoms with Crippen LogP contribution in [0, 0.1) is 11.3 Å². The van der Waals surface area contributed by atoms with E-state index in [-0.39, 0.29) is 31.8 Å². The molecule has 0 saturated heterocycles. The molecule has 104 valence electrons. The van der Waals surface area contributed by atoms with Gasteiger partial charge in [0.15, 0.2) is 5.41 Å². The van der Waals surface area contributed by atoms with Gasteiger partial charge in [-0.2, -0.15) is 0 Å². The second kappa shape index (κ2) is 9.61. The van der Waals surface area contributed by atoms with Crippen LogP contribution in [0.5, 0.6) is 0 Å². The Morgan fingerprint density at radius 2 is 1.56 bits per heavy atom. The number of hydrogen-bond acceptors (Lipinski definition) is 2. The summed E-state index contributed by atoms with van der Waals surface area (Å²) in [6, 6.07) is 0. The average molecular weight is 271 g/mol. The predicted molar refractivity (Wildman–Crippen MR) is 73.9 cm³/mol. The van der Waals surface area contributed by atoms with Gasteiger partial charge in [0.25, 0.3) is 0 Å². The molecule has 0 heterocycles. The zero-order chi connectivity index (χ0) is 13.5. The fraction of sp³-hybridized carbons (Fsp3) is 0.846. The summed E-state index contributed by atoms with van der Waals surface area (Å²) >= 11 is 0. The minimum absolute atomic E-state index is 0. The quantitative estimate of drug-likeness (QED) is 0.384. The number of rotatable bonds is 9. The summed E-state index contributed by atoms with van der Waals surface area (Å²) in [5, 5.41) is 18.1. The second-order valence-electron chi connectivity index (χ2n) is 4.92. The first-order valence-corrected chi connectivity index (χ1v) is 6.34. The van der Waals surface area contributed by atoms with Crippen LogP contribution in [0.15, 0.2) is 0 Å². The summed E-state index contributed by atoms with van der Waals surface area (Å²) in [6.07, 6.45) is 6.09. The third kappa shape index (κ3) is 5.56. The van der Waals surface area contributed by atoms with E-state index in [0.717, 1.165) is 25.7 Å². The molecular formula is C13H26MgO4. The van der Waals surface area contributed by atoms with Gasteiger partial charge in [0, 0.05) is 0 Å². The summed E-state index contributed by atoms with van der Waals surface area (Å²) in [5.74, 6) is -2.84. The Labute approximate surface area is 128 Å². The van der Waals surface area contributed by atoms with Crippen molar-refractivity contribution in [2.75, 3.05) is 0 Å². The molecule has 0 rings (SSSR count). The molecule has 18 heavy (non-hydrogen) atoms. The van der Waals surface area contributed by atoms with Gasteiger partial charge in [-0.15, -0.1) is 0 Å². The normalized spacial score (nSPS) is 12.6. The number of carboxylic acids is 2. The van der Waals surface area contributed by atoms with Crippen molar-refractivity contribution >= 4 is 35.0 Å². The van der Waals surface area contributed by atoms with Gasteiger partial charge in [0.2, 0.25) is 0 Å². The molecule has 4 nitrogen and oxygen atoms in total. The van der Waals surface area contributed by atoms with E-state index in [9.17, 15) is 9.59 Å². The van der Waals surface area contributed by atoms with E-state index in [4.69, 9.17) is 10.2 Å². The maximum absolute atomic E-state index is 11.1. The fourth-order valence-corrected chi connectivity index (χ4v) is 1.86. The minimum atomic E-state index is -1.66. The summed E-state index contributed by atoms with van der Waals surface area (Å²) < 4.78 is 0. The molecule has 0 aromatic heterocycles. The van der Waals surface area contributed by atoms with E-state index in [1.54, 1.807) is 6.92 Å². The number of unbranched alkanes of at least 4 members (excludes halogenated alkanes) is 4. The summed E-state index contributed by atoms with van der Waals surface area (Å²) in [7, 11) is 0. The zero-order valence-electron chi connectivity index (χ0n) is 13.7. The first-order chi connectivity index (χ1) is 7.87. The van der Waals surface area contributed by atoms with Gasteiger partial charge in [-0.05, 0) is 19.3 Å². The molecule has 1 atom stereocenters. The van der Waals surface area contributed by atoms with Crippen molar-refractivity contribution in [3.63, 3.8) is 0 Å². The van der Waals surface area contributed by atoms with E-state index in [1.165, 1.54) is 13.3 Å². The molecule has 0 aliphatic heterocycles. The average Bonchev–Trinajstić information content (AvgIpc) is 2.26. The van der Waals surface area contributed by atoms with Crippen LogP contribution in [0.4, 0.5) is 0 Å². The zero-order valence-corrected chi connectivity index (χ0v) is 13.2. The fourth-order valence-electron chi connectivity index (χ4n) is 1.86. The third-order valence-electron chi connectivity index (χ3n) is 3.61. The number of aliphatic carboxylic acids is 2. The molecule has 0 amide bonds. The van der Waals surface area contributed by atoms with Gasteiger partial charge in [0.05, 0.1) is 0 Å². The molecule has 2 N–H and O–H groups in total. The Balaban J connectivity index is -0.000000427. The van der Waals surface area contributed by atoms with Crippen LogP contribution in [0.2, 0.25) is 0 Å². The first-order valence-electron chi connectivity index (χ1n) is 6.34. The van der Waals surface area contributed by atoms with E-state index in [0.29, 0.717) is 6.42 Å². The topological polar surface area (TPSA) is 74.6 Å². The molecule has 1 unspecified atom stereocenters. The van der Waals surface area contributed by atoms with Gasteiger partial charge in [-0.25, -0.2) is 0 Å². The molecular weight excluding hydrogens is 244 g/mol. The van der Waals surface area contributed by atoms with E-state index in [1.807, 2.05) is 0 Å². The van der Waals surface area contributed by atoms with Crippen LogP contribution in [0.3, 0.4) is 0 Å². The molecule has 5 heteroatoms. The van der Waals surface area contributed by atoms with Gasteiger partial charge in [-0.1, -0.05) is 46.0 Å². The van der Waals surface area contributed by atoms with Crippen LogP contribution >= 0.6 is 0 Å².